The van der Waals surface area contributed by atoms with Crippen molar-refractivity contribution in [3.8, 4) is 5.75 Å². The van der Waals surface area contributed by atoms with Gasteiger partial charge in [0.1, 0.15) is 5.75 Å². The van der Waals surface area contributed by atoms with Crippen LogP contribution in [0.3, 0.4) is 0 Å². The number of methoxy groups -OCH3 is 1. The van der Waals surface area contributed by atoms with E-state index in [0.29, 0.717) is 24.4 Å². The molecule has 6 heteroatoms. The Balaban J connectivity index is 1.79. The Hall–Kier alpha value is -2.76. The molecule has 0 saturated heterocycles. The molecule has 116 valence electrons. The molecule has 1 aromatic carbocycles. The topological polar surface area (TPSA) is 80.6 Å². The molecule has 0 saturated carbocycles. The summed E-state index contributed by atoms with van der Waals surface area (Å²) in [5, 5.41) is 5.38. The summed E-state index contributed by atoms with van der Waals surface area (Å²) in [6, 6.07) is 8.46. The largest absolute Gasteiger partial charge is 0.496 e. The predicted molar refractivity (Wildman–Crippen MR) is 81.1 cm³/mol. The van der Waals surface area contributed by atoms with Crippen LogP contribution in [0.2, 0.25) is 0 Å². The highest BCUT2D eigenvalue weighted by Crippen LogP contribution is 2.18. The number of benzene rings is 1. The van der Waals surface area contributed by atoms with Gasteiger partial charge in [0.25, 0.3) is 11.8 Å². The average Bonchev–Trinajstić information content (AvgIpc) is 3.06. The number of carbonyl (C=O) groups excluding carboxylic acids is 2. The van der Waals surface area contributed by atoms with E-state index >= 15 is 0 Å². The van der Waals surface area contributed by atoms with E-state index in [-0.39, 0.29) is 17.6 Å². The van der Waals surface area contributed by atoms with Gasteiger partial charge >= 0.3 is 0 Å². The zero-order chi connectivity index (χ0) is 15.9. The summed E-state index contributed by atoms with van der Waals surface area (Å²) < 4.78 is 10.2. The normalized spacial score (nSPS) is 10.1. The van der Waals surface area contributed by atoms with Gasteiger partial charge in [-0.2, -0.15) is 0 Å². The van der Waals surface area contributed by atoms with Crippen molar-refractivity contribution in [2.45, 2.75) is 6.92 Å². The number of ether oxygens (including phenoxy) is 1. The van der Waals surface area contributed by atoms with Crippen molar-refractivity contribution in [2.24, 2.45) is 0 Å². The second-order valence-corrected chi connectivity index (χ2v) is 4.67. The van der Waals surface area contributed by atoms with Crippen LogP contribution < -0.4 is 15.4 Å². The molecular weight excluding hydrogens is 284 g/mol. The molecule has 0 radical (unpaired) electrons. The highest BCUT2D eigenvalue weighted by molar-refractivity contribution is 5.95. The van der Waals surface area contributed by atoms with E-state index < -0.39 is 0 Å². The van der Waals surface area contributed by atoms with Crippen LogP contribution >= 0.6 is 0 Å². The van der Waals surface area contributed by atoms with E-state index in [1.54, 1.807) is 31.4 Å². The summed E-state index contributed by atoms with van der Waals surface area (Å²) in [7, 11) is 1.56. The van der Waals surface area contributed by atoms with Gasteiger partial charge < -0.3 is 19.8 Å². The fourth-order valence-electron chi connectivity index (χ4n) is 1.91. The number of nitrogens with one attached hydrogen (secondary N) is 2. The molecule has 2 aromatic rings. The van der Waals surface area contributed by atoms with Crippen molar-refractivity contribution in [3.63, 3.8) is 0 Å². The minimum absolute atomic E-state index is 0.217. The Kier molecular flexibility index (Phi) is 5.19. The van der Waals surface area contributed by atoms with Gasteiger partial charge in [-0.25, -0.2) is 0 Å². The SMILES string of the molecule is COc1cc(C(=O)NCCNC(=O)c2ccco2)ccc1C. The molecule has 0 unspecified atom stereocenters. The first-order valence-corrected chi connectivity index (χ1v) is 6.86. The zero-order valence-corrected chi connectivity index (χ0v) is 12.5. The summed E-state index contributed by atoms with van der Waals surface area (Å²) in [5.74, 6) is 0.384. The predicted octanol–water partition coefficient (Wildman–Crippen LogP) is 1.76. The third kappa shape index (κ3) is 3.88. The van der Waals surface area contributed by atoms with Crippen molar-refractivity contribution in [3.05, 3.63) is 53.5 Å². The summed E-state index contributed by atoms with van der Waals surface area (Å²) >= 11 is 0. The van der Waals surface area contributed by atoms with Crippen molar-refractivity contribution >= 4 is 11.8 Å². The van der Waals surface area contributed by atoms with Gasteiger partial charge in [-0.15, -0.1) is 0 Å². The Labute approximate surface area is 128 Å². The van der Waals surface area contributed by atoms with Crippen LogP contribution in [0.15, 0.2) is 41.0 Å². The van der Waals surface area contributed by atoms with Crippen LogP contribution in [0, 0.1) is 6.92 Å². The molecule has 1 aromatic heterocycles. The van der Waals surface area contributed by atoms with Crippen LogP contribution in [0.5, 0.6) is 5.75 Å². The fraction of sp³-hybridized carbons (Fsp3) is 0.250. The summed E-state index contributed by atoms with van der Waals surface area (Å²) in [5.41, 5.74) is 1.48. The monoisotopic (exact) mass is 302 g/mol. The molecule has 2 amide bonds. The molecule has 0 spiro atoms. The van der Waals surface area contributed by atoms with E-state index in [9.17, 15) is 9.59 Å². The smallest absolute Gasteiger partial charge is 0.287 e. The highest BCUT2D eigenvalue weighted by atomic mass is 16.5. The zero-order valence-electron chi connectivity index (χ0n) is 12.5. The number of amides is 2. The average molecular weight is 302 g/mol. The number of hydrogen-bond donors (Lipinski definition) is 2. The minimum atomic E-state index is -0.309. The van der Waals surface area contributed by atoms with E-state index in [0.717, 1.165) is 5.56 Å². The van der Waals surface area contributed by atoms with E-state index in [1.165, 1.54) is 6.26 Å². The number of rotatable bonds is 6. The first-order valence-electron chi connectivity index (χ1n) is 6.86. The maximum absolute atomic E-state index is 12.0. The standard InChI is InChI=1S/C16H18N2O4/c1-11-5-6-12(10-14(11)21-2)15(19)17-7-8-18-16(20)13-4-3-9-22-13/h3-6,9-10H,7-8H2,1-2H3,(H,17,19)(H,18,20). The lowest BCUT2D eigenvalue weighted by Crippen LogP contribution is -2.34. The Morgan fingerprint density at radius 2 is 1.86 bits per heavy atom. The molecule has 0 atom stereocenters. The van der Waals surface area contributed by atoms with Gasteiger partial charge in [-0.05, 0) is 36.8 Å². The lowest BCUT2D eigenvalue weighted by atomic mass is 10.1. The minimum Gasteiger partial charge on any atom is -0.496 e. The third-order valence-electron chi connectivity index (χ3n) is 3.11. The van der Waals surface area contributed by atoms with Gasteiger partial charge in [0.05, 0.1) is 13.4 Å². The Morgan fingerprint density at radius 1 is 1.14 bits per heavy atom. The Morgan fingerprint density at radius 3 is 2.50 bits per heavy atom. The molecule has 0 aliphatic carbocycles. The number of hydrogen-bond acceptors (Lipinski definition) is 4. The maximum atomic E-state index is 12.0. The van der Waals surface area contributed by atoms with Crippen LogP contribution in [0.25, 0.3) is 0 Å². The maximum Gasteiger partial charge on any atom is 0.287 e. The van der Waals surface area contributed by atoms with Gasteiger partial charge in [-0.3, -0.25) is 9.59 Å². The van der Waals surface area contributed by atoms with E-state index in [1.807, 2.05) is 13.0 Å². The van der Waals surface area contributed by atoms with E-state index in [2.05, 4.69) is 10.6 Å². The third-order valence-corrected chi connectivity index (χ3v) is 3.11. The summed E-state index contributed by atoms with van der Waals surface area (Å²) in [6.45, 7) is 2.54. The first kappa shape index (κ1) is 15.6. The second kappa shape index (κ2) is 7.31. The molecule has 2 N–H and O–H groups in total. The van der Waals surface area contributed by atoms with Crippen molar-refractivity contribution < 1.29 is 18.7 Å². The van der Waals surface area contributed by atoms with Gasteiger partial charge in [0.15, 0.2) is 5.76 Å². The molecule has 2 rings (SSSR count). The van der Waals surface area contributed by atoms with Crippen LogP contribution in [-0.4, -0.2) is 32.0 Å². The molecular formula is C16H18N2O4. The number of aryl methyl sites for hydroxylation is 1. The molecule has 0 fully saturated rings. The van der Waals surface area contributed by atoms with Gasteiger partial charge in [-0.1, -0.05) is 6.07 Å². The molecule has 0 bridgehead atoms. The number of carbonyl (C=O) groups is 2. The van der Waals surface area contributed by atoms with Crippen molar-refractivity contribution in [1.29, 1.82) is 0 Å². The first-order chi connectivity index (χ1) is 10.6. The second-order valence-electron chi connectivity index (χ2n) is 4.67. The lowest BCUT2D eigenvalue weighted by Gasteiger charge is -2.09. The number of furan rings is 1. The van der Waals surface area contributed by atoms with Crippen LogP contribution in [0.1, 0.15) is 26.5 Å². The highest BCUT2D eigenvalue weighted by Gasteiger charge is 2.09. The molecule has 0 aliphatic rings. The molecule has 6 nitrogen and oxygen atoms in total. The summed E-state index contributed by atoms with van der Waals surface area (Å²) in [6.07, 6.45) is 1.43. The molecule has 1 heterocycles. The Bertz CT molecular complexity index is 650. The van der Waals surface area contributed by atoms with Crippen LogP contribution in [0.4, 0.5) is 0 Å². The quantitative estimate of drug-likeness (QED) is 0.797. The molecule has 22 heavy (non-hydrogen) atoms. The van der Waals surface area contributed by atoms with Gasteiger partial charge in [0.2, 0.25) is 0 Å². The van der Waals surface area contributed by atoms with E-state index in [4.69, 9.17) is 9.15 Å². The van der Waals surface area contributed by atoms with Crippen molar-refractivity contribution in [2.75, 3.05) is 20.2 Å². The van der Waals surface area contributed by atoms with Crippen molar-refractivity contribution in [1.82, 2.24) is 10.6 Å². The molecule has 0 aliphatic heterocycles. The summed E-state index contributed by atoms with van der Waals surface area (Å²) in [4.78, 5) is 23.6. The lowest BCUT2D eigenvalue weighted by molar-refractivity contribution is 0.0910. The van der Waals surface area contributed by atoms with Gasteiger partial charge in [0, 0.05) is 18.7 Å². The fourth-order valence-corrected chi connectivity index (χ4v) is 1.91. The van der Waals surface area contributed by atoms with Crippen LogP contribution in [-0.2, 0) is 0 Å².